The molecule has 0 aliphatic rings. The topological polar surface area (TPSA) is 40.9 Å². The Morgan fingerprint density at radius 1 is 1.47 bits per heavy atom. The highest BCUT2D eigenvalue weighted by Gasteiger charge is 2.11. The van der Waals surface area contributed by atoms with Crippen molar-refractivity contribution >= 4 is 17.4 Å². The van der Waals surface area contributed by atoms with Gasteiger partial charge in [-0.1, -0.05) is 19.1 Å². The van der Waals surface area contributed by atoms with Gasteiger partial charge in [-0.25, -0.2) is 0 Å². The highest BCUT2D eigenvalue weighted by molar-refractivity contribution is 6.22. The smallest absolute Gasteiger partial charge is 0.134 e. The Labute approximate surface area is 94.5 Å². The summed E-state index contributed by atoms with van der Waals surface area (Å²) in [5.74, 6) is 0.152. The molecule has 0 aliphatic carbocycles. The molecule has 0 N–H and O–H groups in total. The molecule has 0 amide bonds. The first-order valence-corrected chi connectivity index (χ1v) is 5.26. The molecule has 0 radical (unpaired) electrons. The van der Waals surface area contributed by atoms with Crippen molar-refractivity contribution in [2.75, 3.05) is 0 Å². The van der Waals surface area contributed by atoms with Gasteiger partial charge >= 0.3 is 0 Å². The van der Waals surface area contributed by atoms with Crippen LogP contribution in [0.3, 0.4) is 0 Å². The number of hydrogen-bond donors (Lipinski definition) is 0. The minimum atomic E-state index is -0.287. The zero-order valence-corrected chi connectivity index (χ0v) is 9.29. The van der Waals surface area contributed by atoms with Crippen LogP contribution in [0.25, 0.3) is 0 Å². The molecule has 0 heterocycles. The van der Waals surface area contributed by atoms with Crippen LogP contribution in [0.2, 0.25) is 0 Å². The first-order chi connectivity index (χ1) is 7.17. The van der Waals surface area contributed by atoms with Gasteiger partial charge in [0, 0.05) is 12.8 Å². The largest absolute Gasteiger partial charge is 0.300 e. The third-order valence-electron chi connectivity index (χ3n) is 2.20. The molecule has 0 saturated carbocycles. The lowest BCUT2D eigenvalue weighted by atomic mass is 10.0. The van der Waals surface area contributed by atoms with E-state index in [4.69, 9.17) is 16.9 Å². The first-order valence-electron chi connectivity index (χ1n) is 4.83. The van der Waals surface area contributed by atoms with Gasteiger partial charge in [-0.3, -0.25) is 4.79 Å². The van der Waals surface area contributed by atoms with E-state index in [0.717, 1.165) is 5.56 Å². The Morgan fingerprint density at radius 3 is 2.53 bits per heavy atom. The van der Waals surface area contributed by atoms with E-state index in [2.05, 4.69) is 0 Å². The molecule has 1 rings (SSSR count). The van der Waals surface area contributed by atoms with Crippen LogP contribution in [0.15, 0.2) is 24.3 Å². The number of nitriles is 1. The first kappa shape index (κ1) is 11.7. The van der Waals surface area contributed by atoms with E-state index in [1.54, 1.807) is 24.3 Å². The SMILES string of the molecule is CCC(=O)CC(Cl)c1ccc(C#N)cc1. The molecular weight excluding hydrogens is 210 g/mol. The van der Waals surface area contributed by atoms with E-state index in [1.807, 2.05) is 13.0 Å². The number of ketones is 1. The Bertz CT molecular complexity index is 378. The van der Waals surface area contributed by atoms with E-state index in [0.29, 0.717) is 18.4 Å². The Balaban J connectivity index is 2.70. The van der Waals surface area contributed by atoms with Gasteiger partial charge in [0.25, 0.3) is 0 Å². The van der Waals surface area contributed by atoms with Crippen LogP contribution in [0.5, 0.6) is 0 Å². The van der Waals surface area contributed by atoms with Crippen LogP contribution in [0.4, 0.5) is 0 Å². The summed E-state index contributed by atoms with van der Waals surface area (Å²) in [6.07, 6.45) is 0.865. The number of nitrogens with zero attached hydrogens (tertiary/aromatic N) is 1. The minimum Gasteiger partial charge on any atom is -0.300 e. The molecule has 15 heavy (non-hydrogen) atoms. The number of carbonyl (C=O) groups is 1. The average molecular weight is 222 g/mol. The van der Waals surface area contributed by atoms with Gasteiger partial charge in [0.1, 0.15) is 5.78 Å². The Morgan fingerprint density at radius 2 is 2.07 bits per heavy atom. The van der Waals surface area contributed by atoms with Gasteiger partial charge in [0.2, 0.25) is 0 Å². The lowest BCUT2D eigenvalue weighted by Gasteiger charge is -2.07. The minimum absolute atomic E-state index is 0.152. The molecular formula is C12H12ClNO. The fourth-order valence-corrected chi connectivity index (χ4v) is 1.55. The van der Waals surface area contributed by atoms with Crippen molar-refractivity contribution in [1.82, 2.24) is 0 Å². The van der Waals surface area contributed by atoms with Crippen molar-refractivity contribution in [3.8, 4) is 6.07 Å². The zero-order chi connectivity index (χ0) is 11.3. The molecule has 0 bridgehead atoms. The average Bonchev–Trinajstić information content (AvgIpc) is 2.29. The van der Waals surface area contributed by atoms with Gasteiger partial charge in [0.15, 0.2) is 0 Å². The Hall–Kier alpha value is -1.33. The number of Topliss-reactive ketones (excluding diaryl/α,β-unsaturated/α-hetero) is 1. The normalized spacial score (nSPS) is 11.8. The molecule has 2 nitrogen and oxygen atoms in total. The maximum Gasteiger partial charge on any atom is 0.134 e. The second-order valence-electron chi connectivity index (χ2n) is 3.30. The van der Waals surface area contributed by atoms with E-state index in [9.17, 15) is 4.79 Å². The summed E-state index contributed by atoms with van der Waals surface area (Å²) in [5.41, 5.74) is 1.49. The molecule has 1 unspecified atom stereocenters. The van der Waals surface area contributed by atoms with Crippen molar-refractivity contribution in [2.45, 2.75) is 25.1 Å². The summed E-state index contributed by atoms with van der Waals surface area (Å²) < 4.78 is 0. The molecule has 0 fully saturated rings. The zero-order valence-electron chi connectivity index (χ0n) is 8.53. The molecule has 0 spiro atoms. The van der Waals surface area contributed by atoms with Crippen LogP contribution in [-0.2, 0) is 4.79 Å². The Kier molecular flexibility index (Phi) is 4.33. The standard InChI is InChI=1S/C12H12ClNO/c1-2-11(15)7-12(13)10-5-3-9(8-14)4-6-10/h3-6,12H,2,7H2,1H3. The van der Waals surface area contributed by atoms with Crippen LogP contribution in [0, 0.1) is 11.3 Å². The predicted molar refractivity (Wildman–Crippen MR) is 59.7 cm³/mol. The monoisotopic (exact) mass is 221 g/mol. The van der Waals surface area contributed by atoms with Crippen molar-refractivity contribution in [1.29, 1.82) is 5.26 Å². The summed E-state index contributed by atoms with van der Waals surface area (Å²) in [4.78, 5) is 11.2. The van der Waals surface area contributed by atoms with Crippen molar-refractivity contribution in [3.05, 3.63) is 35.4 Å². The maximum absolute atomic E-state index is 11.2. The fraction of sp³-hybridized carbons (Fsp3) is 0.333. The summed E-state index contributed by atoms with van der Waals surface area (Å²) in [6.45, 7) is 1.82. The molecule has 1 atom stereocenters. The fourth-order valence-electron chi connectivity index (χ4n) is 1.23. The van der Waals surface area contributed by atoms with Gasteiger partial charge in [-0.05, 0) is 17.7 Å². The lowest BCUT2D eigenvalue weighted by molar-refractivity contribution is -0.118. The number of rotatable bonds is 4. The lowest BCUT2D eigenvalue weighted by Crippen LogP contribution is -2.00. The van der Waals surface area contributed by atoms with Gasteiger partial charge in [-0.15, -0.1) is 11.6 Å². The van der Waals surface area contributed by atoms with Gasteiger partial charge < -0.3 is 0 Å². The summed E-state index contributed by atoms with van der Waals surface area (Å²) in [6, 6.07) is 9.04. The maximum atomic E-state index is 11.2. The van der Waals surface area contributed by atoms with Crippen LogP contribution >= 0.6 is 11.6 Å². The van der Waals surface area contributed by atoms with E-state index in [1.165, 1.54) is 0 Å². The van der Waals surface area contributed by atoms with Gasteiger partial charge in [-0.2, -0.15) is 5.26 Å². The van der Waals surface area contributed by atoms with E-state index in [-0.39, 0.29) is 11.2 Å². The van der Waals surface area contributed by atoms with Gasteiger partial charge in [0.05, 0.1) is 17.0 Å². The van der Waals surface area contributed by atoms with Crippen molar-refractivity contribution in [2.24, 2.45) is 0 Å². The van der Waals surface area contributed by atoms with E-state index >= 15 is 0 Å². The predicted octanol–water partition coefficient (Wildman–Crippen LogP) is 3.21. The van der Waals surface area contributed by atoms with Crippen molar-refractivity contribution in [3.63, 3.8) is 0 Å². The molecule has 0 aliphatic heterocycles. The molecule has 0 saturated heterocycles. The van der Waals surface area contributed by atoms with Crippen LogP contribution < -0.4 is 0 Å². The highest BCUT2D eigenvalue weighted by atomic mass is 35.5. The molecule has 0 aromatic heterocycles. The molecule has 78 valence electrons. The highest BCUT2D eigenvalue weighted by Crippen LogP contribution is 2.24. The number of benzene rings is 1. The van der Waals surface area contributed by atoms with Crippen LogP contribution in [0.1, 0.15) is 36.3 Å². The van der Waals surface area contributed by atoms with Crippen LogP contribution in [-0.4, -0.2) is 5.78 Å². The third-order valence-corrected chi connectivity index (χ3v) is 2.61. The molecule has 1 aromatic carbocycles. The number of carbonyl (C=O) groups excluding carboxylic acids is 1. The summed E-state index contributed by atoms with van der Waals surface area (Å²) in [7, 11) is 0. The summed E-state index contributed by atoms with van der Waals surface area (Å²) >= 11 is 6.07. The van der Waals surface area contributed by atoms with E-state index < -0.39 is 0 Å². The van der Waals surface area contributed by atoms with Crippen molar-refractivity contribution < 1.29 is 4.79 Å². The second-order valence-corrected chi connectivity index (χ2v) is 3.82. The number of halogens is 1. The number of alkyl halides is 1. The third kappa shape index (κ3) is 3.38. The quantitative estimate of drug-likeness (QED) is 0.733. The molecule has 3 heteroatoms. The molecule has 1 aromatic rings. The number of hydrogen-bond acceptors (Lipinski definition) is 2. The summed E-state index contributed by atoms with van der Waals surface area (Å²) in [5, 5.41) is 8.33. The second kappa shape index (κ2) is 5.53.